The van der Waals surface area contributed by atoms with Crippen molar-refractivity contribution in [2.75, 3.05) is 0 Å². The van der Waals surface area contributed by atoms with Gasteiger partial charge in [0.25, 0.3) is 0 Å². The molecule has 0 aliphatic heterocycles. The molecule has 0 saturated heterocycles. The maximum atomic E-state index is 10.1. The molecule has 0 fully saturated rings. The summed E-state index contributed by atoms with van der Waals surface area (Å²) in [6.45, 7) is 6.93. The predicted molar refractivity (Wildman–Crippen MR) is 40.0 cm³/mol. The molecule has 0 aliphatic rings. The Morgan fingerprint density at radius 1 is 1.70 bits per heavy atom. The normalized spacial score (nSPS) is 11.6. The van der Waals surface area contributed by atoms with Crippen LogP contribution in [0.15, 0.2) is 25.3 Å². The van der Waals surface area contributed by atoms with Crippen LogP contribution in [0.1, 0.15) is 6.42 Å². The zero-order valence-electron chi connectivity index (χ0n) is 5.71. The van der Waals surface area contributed by atoms with Gasteiger partial charge in [-0.1, -0.05) is 12.2 Å². The highest BCUT2D eigenvalue weighted by Gasteiger charge is 2.02. The maximum absolute atomic E-state index is 10.1. The molecule has 0 aromatic rings. The van der Waals surface area contributed by atoms with Gasteiger partial charge in [-0.3, -0.25) is 0 Å². The van der Waals surface area contributed by atoms with E-state index in [0.29, 0.717) is 6.42 Å². The minimum Gasteiger partial charge on any atom is -0.465 e. The van der Waals surface area contributed by atoms with E-state index >= 15 is 0 Å². The second-order valence-electron chi connectivity index (χ2n) is 1.82. The van der Waals surface area contributed by atoms with Crippen molar-refractivity contribution in [2.45, 2.75) is 12.5 Å². The molecule has 10 heavy (non-hydrogen) atoms. The van der Waals surface area contributed by atoms with E-state index in [-0.39, 0.29) is 6.04 Å². The van der Waals surface area contributed by atoms with Crippen LogP contribution in [0.5, 0.6) is 0 Å². The molecule has 0 radical (unpaired) electrons. The van der Waals surface area contributed by atoms with E-state index in [2.05, 4.69) is 18.5 Å². The second kappa shape index (κ2) is 4.61. The molecule has 0 spiro atoms. The zero-order chi connectivity index (χ0) is 7.98. The van der Waals surface area contributed by atoms with Crippen molar-refractivity contribution in [1.82, 2.24) is 5.32 Å². The molecular weight excluding hydrogens is 130 g/mol. The lowest BCUT2D eigenvalue weighted by molar-refractivity contribution is 0.192. The molecule has 1 amide bonds. The van der Waals surface area contributed by atoms with E-state index in [0.717, 1.165) is 0 Å². The third-order valence-corrected chi connectivity index (χ3v) is 1.01. The quantitative estimate of drug-likeness (QED) is 0.581. The van der Waals surface area contributed by atoms with Gasteiger partial charge in [-0.05, 0) is 6.42 Å². The first-order valence-corrected chi connectivity index (χ1v) is 2.93. The molecule has 2 N–H and O–H groups in total. The van der Waals surface area contributed by atoms with Gasteiger partial charge in [0.2, 0.25) is 0 Å². The highest BCUT2D eigenvalue weighted by Crippen LogP contribution is 1.92. The van der Waals surface area contributed by atoms with Crippen LogP contribution >= 0.6 is 0 Å². The minimum atomic E-state index is -1.04. The van der Waals surface area contributed by atoms with Crippen LogP contribution in [0.4, 0.5) is 4.79 Å². The van der Waals surface area contributed by atoms with Crippen molar-refractivity contribution in [3.63, 3.8) is 0 Å². The van der Waals surface area contributed by atoms with Crippen molar-refractivity contribution < 1.29 is 9.90 Å². The summed E-state index contributed by atoms with van der Waals surface area (Å²) in [5.41, 5.74) is 0. The van der Waals surface area contributed by atoms with Crippen LogP contribution in [0.25, 0.3) is 0 Å². The summed E-state index contributed by atoms with van der Waals surface area (Å²) in [6, 6.07) is -0.213. The van der Waals surface area contributed by atoms with Gasteiger partial charge in [-0.2, -0.15) is 0 Å². The lowest BCUT2D eigenvalue weighted by Crippen LogP contribution is -2.31. The van der Waals surface area contributed by atoms with E-state index in [9.17, 15) is 4.79 Å². The minimum absolute atomic E-state index is 0.213. The Bertz CT molecular complexity index is 143. The number of hydrogen-bond donors (Lipinski definition) is 2. The molecule has 0 saturated carbocycles. The molecule has 0 bridgehead atoms. The molecule has 1 unspecified atom stereocenters. The van der Waals surface area contributed by atoms with Crippen LogP contribution in [-0.2, 0) is 0 Å². The first-order valence-electron chi connectivity index (χ1n) is 2.93. The van der Waals surface area contributed by atoms with Gasteiger partial charge in [0.15, 0.2) is 0 Å². The standard InChI is InChI=1S/C7H11NO2/c1-3-5-6(4-2)8-7(9)10/h3-4,6,8H,1-2,5H2,(H,9,10). The predicted octanol–water partition coefficient (Wildman–Crippen LogP) is 1.38. The fourth-order valence-electron chi connectivity index (χ4n) is 0.552. The maximum Gasteiger partial charge on any atom is 0.405 e. The van der Waals surface area contributed by atoms with Crippen LogP contribution in [0.2, 0.25) is 0 Å². The van der Waals surface area contributed by atoms with Crippen LogP contribution < -0.4 is 5.32 Å². The molecule has 0 rings (SSSR count). The van der Waals surface area contributed by atoms with E-state index in [4.69, 9.17) is 5.11 Å². The second-order valence-corrected chi connectivity index (χ2v) is 1.82. The molecule has 56 valence electrons. The van der Waals surface area contributed by atoms with E-state index < -0.39 is 6.09 Å². The number of amides is 1. The Morgan fingerprint density at radius 2 is 2.30 bits per heavy atom. The van der Waals surface area contributed by atoms with Gasteiger partial charge in [-0.25, -0.2) is 4.79 Å². The van der Waals surface area contributed by atoms with Crippen molar-refractivity contribution in [2.24, 2.45) is 0 Å². The average molecular weight is 141 g/mol. The van der Waals surface area contributed by atoms with E-state index in [1.54, 1.807) is 6.08 Å². The van der Waals surface area contributed by atoms with Crippen LogP contribution in [0, 0.1) is 0 Å². The van der Waals surface area contributed by atoms with Gasteiger partial charge in [-0.15, -0.1) is 13.2 Å². The van der Waals surface area contributed by atoms with E-state index in [1.165, 1.54) is 6.08 Å². The third-order valence-electron chi connectivity index (χ3n) is 1.01. The van der Waals surface area contributed by atoms with Crippen molar-refractivity contribution >= 4 is 6.09 Å². The lowest BCUT2D eigenvalue weighted by atomic mass is 10.2. The Morgan fingerprint density at radius 3 is 2.60 bits per heavy atom. The summed E-state index contributed by atoms with van der Waals surface area (Å²) in [7, 11) is 0. The Labute approximate surface area is 60.1 Å². The Kier molecular flexibility index (Phi) is 4.04. The van der Waals surface area contributed by atoms with Gasteiger partial charge in [0.1, 0.15) is 0 Å². The molecule has 0 aromatic carbocycles. The molecule has 0 heterocycles. The van der Waals surface area contributed by atoms with Gasteiger partial charge in [0.05, 0.1) is 6.04 Å². The van der Waals surface area contributed by atoms with Crippen LogP contribution in [0.3, 0.4) is 0 Å². The molecule has 0 aliphatic carbocycles. The summed E-state index contributed by atoms with van der Waals surface area (Å²) in [6.07, 6.45) is 2.72. The molecular formula is C7H11NO2. The Hall–Kier alpha value is -1.25. The largest absolute Gasteiger partial charge is 0.465 e. The molecule has 1 atom stereocenters. The van der Waals surface area contributed by atoms with Gasteiger partial charge >= 0.3 is 6.09 Å². The SMILES string of the molecule is C=CCC(C=C)NC(=O)O. The van der Waals surface area contributed by atoms with Crippen LogP contribution in [-0.4, -0.2) is 17.2 Å². The molecule has 3 heteroatoms. The topological polar surface area (TPSA) is 49.3 Å². The number of rotatable bonds is 4. The first kappa shape index (κ1) is 8.75. The summed E-state index contributed by atoms with van der Waals surface area (Å²) in [5.74, 6) is 0. The van der Waals surface area contributed by atoms with Gasteiger partial charge < -0.3 is 10.4 Å². The Balaban J connectivity index is 3.70. The average Bonchev–Trinajstić information content (AvgIpc) is 1.86. The summed E-state index contributed by atoms with van der Waals surface area (Å²) >= 11 is 0. The van der Waals surface area contributed by atoms with Gasteiger partial charge in [0, 0.05) is 0 Å². The smallest absolute Gasteiger partial charge is 0.405 e. The third kappa shape index (κ3) is 3.72. The van der Waals surface area contributed by atoms with Crippen molar-refractivity contribution in [1.29, 1.82) is 0 Å². The highest BCUT2D eigenvalue weighted by molar-refractivity contribution is 5.65. The summed E-state index contributed by atoms with van der Waals surface area (Å²) in [5, 5.41) is 10.5. The number of carbonyl (C=O) groups is 1. The first-order chi connectivity index (χ1) is 4.70. The molecule has 3 nitrogen and oxygen atoms in total. The number of nitrogens with one attached hydrogen (secondary N) is 1. The zero-order valence-corrected chi connectivity index (χ0v) is 5.71. The van der Waals surface area contributed by atoms with Crippen molar-refractivity contribution in [3.05, 3.63) is 25.3 Å². The van der Waals surface area contributed by atoms with E-state index in [1.807, 2.05) is 0 Å². The number of hydrogen-bond acceptors (Lipinski definition) is 1. The molecule has 0 aromatic heterocycles. The fraction of sp³-hybridized carbons (Fsp3) is 0.286. The monoisotopic (exact) mass is 141 g/mol. The fourth-order valence-corrected chi connectivity index (χ4v) is 0.552. The van der Waals surface area contributed by atoms with Crippen molar-refractivity contribution in [3.8, 4) is 0 Å². The number of carboxylic acid groups (broad SMARTS) is 1. The lowest BCUT2D eigenvalue weighted by Gasteiger charge is -2.07. The summed E-state index contributed by atoms with van der Waals surface area (Å²) in [4.78, 5) is 10.1. The summed E-state index contributed by atoms with van der Waals surface area (Å²) < 4.78 is 0. The highest BCUT2D eigenvalue weighted by atomic mass is 16.4.